The highest BCUT2D eigenvalue weighted by molar-refractivity contribution is 6.04. The summed E-state index contributed by atoms with van der Waals surface area (Å²) < 4.78 is 40.5. The number of hydrogen-bond acceptors (Lipinski definition) is 6. The maximum Gasteiger partial charge on any atom is 0.573 e. The van der Waals surface area contributed by atoms with Crippen molar-refractivity contribution in [3.8, 4) is 5.75 Å². The molecule has 7 nitrogen and oxygen atoms in total. The highest BCUT2D eigenvalue weighted by Crippen LogP contribution is 2.34. The van der Waals surface area contributed by atoms with Crippen LogP contribution >= 0.6 is 0 Å². The molecule has 2 heterocycles. The number of fused-ring (bicyclic) bond motifs is 1. The number of benzene rings is 1. The first-order chi connectivity index (χ1) is 15.6. The fraction of sp³-hybridized carbons (Fsp3) is 0.522. The molecule has 178 valence electrons. The number of carbonyl (C=O) groups excluding carboxylic acids is 2. The molecule has 1 aromatic carbocycles. The van der Waals surface area contributed by atoms with E-state index in [1.54, 1.807) is 6.20 Å². The van der Waals surface area contributed by atoms with Gasteiger partial charge in [0.25, 0.3) is 0 Å². The molecule has 4 rings (SSSR count). The first-order valence-corrected chi connectivity index (χ1v) is 11.0. The lowest BCUT2D eigenvalue weighted by molar-refractivity contribution is -0.274. The van der Waals surface area contributed by atoms with Crippen molar-refractivity contribution in [2.45, 2.75) is 31.7 Å². The lowest BCUT2D eigenvalue weighted by Crippen LogP contribution is -2.43. The lowest BCUT2D eigenvalue weighted by atomic mass is 9.84. The van der Waals surface area contributed by atoms with Gasteiger partial charge in [-0.2, -0.15) is 0 Å². The second kappa shape index (κ2) is 9.17. The van der Waals surface area contributed by atoms with Gasteiger partial charge in [-0.1, -0.05) is 0 Å². The topological polar surface area (TPSA) is 99.7 Å². The van der Waals surface area contributed by atoms with Gasteiger partial charge in [-0.3, -0.25) is 9.59 Å². The van der Waals surface area contributed by atoms with Crippen molar-refractivity contribution in [2.24, 2.45) is 23.5 Å². The van der Waals surface area contributed by atoms with Crippen LogP contribution in [0.5, 0.6) is 5.75 Å². The van der Waals surface area contributed by atoms with Crippen LogP contribution in [0.3, 0.4) is 0 Å². The molecule has 3 fully saturated rings. The van der Waals surface area contributed by atoms with Crippen LogP contribution in [0.25, 0.3) is 0 Å². The maximum atomic E-state index is 12.9. The van der Waals surface area contributed by atoms with Crippen molar-refractivity contribution in [2.75, 3.05) is 26.2 Å². The fourth-order valence-corrected chi connectivity index (χ4v) is 4.96. The number of allylic oxidation sites excluding steroid dienone is 1. The predicted molar refractivity (Wildman–Crippen MR) is 115 cm³/mol. The van der Waals surface area contributed by atoms with E-state index in [1.165, 1.54) is 18.2 Å². The Bertz CT molecular complexity index is 933. The molecule has 10 heteroatoms. The average molecular weight is 464 g/mol. The number of halogens is 3. The van der Waals surface area contributed by atoms with E-state index in [0.717, 1.165) is 31.6 Å². The highest BCUT2D eigenvalue weighted by atomic mass is 19.4. The molecule has 0 aromatic heterocycles. The molecular weight excluding hydrogens is 437 g/mol. The summed E-state index contributed by atoms with van der Waals surface area (Å²) in [6.07, 6.45) is 0.227. The zero-order valence-corrected chi connectivity index (χ0v) is 18.1. The van der Waals surface area contributed by atoms with E-state index < -0.39 is 6.36 Å². The first kappa shape index (κ1) is 23.3. The zero-order valence-electron chi connectivity index (χ0n) is 18.1. The van der Waals surface area contributed by atoms with Gasteiger partial charge >= 0.3 is 6.36 Å². The Morgan fingerprint density at radius 1 is 1.06 bits per heavy atom. The second-order valence-corrected chi connectivity index (χ2v) is 9.08. The molecular formula is C23H27F3N4O3. The molecule has 3 N–H and O–H groups in total. The van der Waals surface area contributed by atoms with Crippen LogP contribution < -0.4 is 10.5 Å². The van der Waals surface area contributed by atoms with Gasteiger partial charge < -0.3 is 25.7 Å². The number of nitrogens with zero attached hydrogens (tertiary/aromatic N) is 2. The molecule has 4 unspecified atom stereocenters. The van der Waals surface area contributed by atoms with Crippen molar-refractivity contribution < 1.29 is 27.5 Å². The van der Waals surface area contributed by atoms with Gasteiger partial charge in [-0.25, -0.2) is 0 Å². The van der Waals surface area contributed by atoms with Gasteiger partial charge in [0, 0.05) is 73.5 Å². The highest BCUT2D eigenvalue weighted by Gasteiger charge is 2.42. The molecule has 0 radical (unpaired) electrons. The third-order valence-electron chi connectivity index (χ3n) is 6.72. The van der Waals surface area contributed by atoms with Crippen LogP contribution in [0.1, 0.15) is 29.6 Å². The molecule has 2 saturated heterocycles. The predicted octanol–water partition coefficient (Wildman–Crippen LogP) is 2.82. The third kappa shape index (κ3) is 5.55. The Morgan fingerprint density at radius 3 is 2.27 bits per heavy atom. The van der Waals surface area contributed by atoms with E-state index in [4.69, 9.17) is 11.1 Å². The number of amides is 1. The number of carbonyl (C=O) groups is 2. The molecule has 1 amide bonds. The summed E-state index contributed by atoms with van der Waals surface area (Å²) in [6.45, 7) is 2.83. The van der Waals surface area contributed by atoms with Crippen molar-refractivity contribution in [1.82, 2.24) is 9.80 Å². The van der Waals surface area contributed by atoms with Crippen LogP contribution in [0.2, 0.25) is 0 Å². The summed E-state index contributed by atoms with van der Waals surface area (Å²) >= 11 is 0. The summed E-state index contributed by atoms with van der Waals surface area (Å²) in [5, 5.41) is 7.94. The van der Waals surface area contributed by atoms with Gasteiger partial charge in [-0.05, 0) is 43.5 Å². The Kier molecular flexibility index (Phi) is 6.47. The normalized spacial score (nSPS) is 27.8. The van der Waals surface area contributed by atoms with Gasteiger partial charge in [0.05, 0.1) is 0 Å². The molecule has 2 aliphatic heterocycles. The van der Waals surface area contributed by atoms with Crippen molar-refractivity contribution in [3.63, 3.8) is 0 Å². The Balaban J connectivity index is 1.26. The summed E-state index contributed by atoms with van der Waals surface area (Å²) in [7, 11) is 0. The molecule has 1 aliphatic carbocycles. The number of ketones is 1. The monoisotopic (exact) mass is 464 g/mol. The smallest absolute Gasteiger partial charge is 0.406 e. The number of hydrogen-bond donors (Lipinski definition) is 2. The van der Waals surface area contributed by atoms with E-state index in [0.29, 0.717) is 43.5 Å². The Labute approximate surface area is 189 Å². The SMILES string of the molecule is N=C1CC(C(=O)N2CC3CN(C=CC(=O)c4ccc(OC(F)(F)F)cc4)CC3C2)CCC1N. The number of likely N-dealkylation sites (tertiary alicyclic amines) is 2. The minimum absolute atomic E-state index is 0.122. The van der Waals surface area contributed by atoms with E-state index in [9.17, 15) is 22.8 Å². The van der Waals surface area contributed by atoms with Crippen LogP contribution in [0.4, 0.5) is 13.2 Å². The molecule has 1 saturated carbocycles. The fourth-order valence-electron chi connectivity index (χ4n) is 4.96. The van der Waals surface area contributed by atoms with Gasteiger partial charge in [-0.15, -0.1) is 13.2 Å². The summed E-state index contributed by atoms with van der Waals surface area (Å²) in [5.41, 5.74) is 6.60. The third-order valence-corrected chi connectivity index (χ3v) is 6.72. The molecule has 4 atom stereocenters. The van der Waals surface area contributed by atoms with Gasteiger partial charge in [0.15, 0.2) is 5.78 Å². The number of ether oxygens (including phenoxy) is 1. The van der Waals surface area contributed by atoms with Crippen LogP contribution in [-0.2, 0) is 4.79 Å². The summed E-state index contributed by atoms with van der Waals surface area (Å²) in [4.78, 5) is 29.2. The summed E-state index contributed by atoms with van der Waals surface area (Å²) in [6, 6.07) is 4.60. The number of rotatable bonds is 5. The minimum Gasteiger partial charge on any atom is -0.406 e. The van der Waals surface area contributed by atoms with Crippen molar-refractivity contribution >= 4 is 17.4 Å². The average Bonchev–Trinajstić information content (AvgIpc) is 3.32. The molecule has 1 aromatic rings. The quantitative estimate of drug-likeness (QED) is 0.516. The molecule has 3 aliphatic rings. The molecule has 0 bridgehead atoms. The van der Waals surface area contributed by atoms with Gasteiger partial charge in [0.1, 0.15) is 5.75 Å². The van der Waals surface area contributed by atoms with Crippen LogP contribution in [-0.4, -0.2) is 65.8 Å². The molecule has 33 heavy (non-hydrogen) atoms. The van der Waals surface area contributed by atoms with E-state index in [-0.39, 0.29) is 35.0 Å². The lowest BCUT2D eigenvalue weighted by Gasteiger charge is -2.30. The standard InChI is InChI=1S/C23H27F3N4O3/c24-23(25,26)33-18-4-1-14(2-5-18)21(31)7-8-29-10-16-12-30(13-17(16)11-29)22(32)15-3-6-19(27)20(28)9-15/h1-2,4-5,7-8,15-17,19,28H,3,6,9-13,27H2. The van der Waals surface area contributed by atoms with Crippen molar-refractivity contribution in [3.05, 3.63) is 42.1 Å². The number of nitrogens with two attached hydrogens (primary N) is 1. The Hall–Kier alpha value is -2.88. The number of nitrogens with one attached hydrogen (secondary N) is 1. The summed E-state index contributed by atoms with van der Waals surface area (Å²) in [5.74, 6) is -0.0349. The van der Waals surface area contributed by atoms with E-state index in [1.807, 2.05) is 9.80 Å². The maximum absolute atomic E-state index is 12.9. The van der Waals surface area contributed by atoms with E-state index >= 15 is 0 Å². The minimum atomic E-state index is -4.77. The Morgan fingerprint density at radius 2 is 1.70 bits per heavy atom. The van der Waals surface area contributed by atoms with Crippen molar-refractivity contribution in [1.29, 1.82) is 5.41 Å². The van der Waals surface area contributed by atoms with Crippen LogP contribution in [0.15, 0.2) is 36.5 Å². The zero-order chi connectivity index (χ0) is 23.8. The van der Waals surface area contributed by atoms with Crippen LogP contribution in [0, 0.1) is 23.2 Å². The largest absolute Gasteiger partial charge is 0.573 e. The van der Waals surface area contributed by atoms with Gasteiger partial charge in [0.2, 0.25) is 5.91 Å². The second-order valence-electron chi connectivity index (χ2n) is 9.08. The number of alkyl halides is 3. The molecule has 0 spiro atoms. The first-order valence-electron chi connectivity index (χ1n) is 11.0. The van der Waals surface area contributed by atoms with E-state index in [2.05, 4.69) is 4.74 Å².